The molecule has 1 fully saturated rings. The summed E-state index contributed by atoms with van der Waals surface area (Å²) in [5.41, 5.74) is 1.48. The van der Waals surface area contributed by atoms with Crippen LogP contribution in [0, 0.1) is 13.8 Å². The summed E-state index contributed by atoms with van der Waals surface area (Å²) in [5, 5.41) is 2.52. The Morgan fingerprint density at radius 1 is 1.34 bits per heavy atom. The van der Waals surface area contributed by atoms with Crippen LogP contribution in [0.15, 0.2) is 35.2 Å². The number of rotatable bonds is 7. The van der Waals surface area contributed by atoms with E-state index < -0.39 is 24.5 Å². The normalized spacial score (nSPS) is 16.9. The van der Waals surface area contributed by atoms with Gasteiger partial charge in [0.1, 0.15) is 11.6 Å². The van der Waals surface area contributed by atoms with Crippen molar-refractivity contribution < 1.29 is 18.0 Å². The van der Waals surface area contributed by atoms with E-state index >= 15 is 4.39 Å². The van der Waals surface area contributed by atoms with Crippen LogP contribution in [0.3, 0.4) is 0 Å². The molecule has 0 spiro atoms. The number of aromatic nitrogens is 2. The molecule has 0 atom stereocenters. The zero-order chi connectivity index (χ0) is 23.5. The van der Waals surface area contributed by atoms with Crippen molar-refractivity contribution in [2.45, 2.75) is 38.8 Å². The van der Waals surface area contributed by atoms with E-state index in [1.54, 1.807) is 12.3 Å². The lowest BCUT2D eigenvalue weighted by Crippen LogP contribution is -2.51. The molecular formula is C23H28F3N5O. The quantitative estimate of drug-likeness (QED) is 0.655. The molecule has 1 N–H and O–H groups in total. The van der Waals surface area contributed by atoms with Gasteiger partial charge in [-0.15, -0.1) is 0 Å². The minimum absolute atomic E-state index is 0.0973. The number of nitrogens with zero attached hydrogens (tertiary/aromatic N) is 4. The fourth-order valence-electron chi connectivity index (χ4n) is 3.73. The molecule has 0 aliphatic carbocycles. The predicted octanol–water partition coefficient (Wildman–Crippen LogP) is 3.89. The molecule has 2 heterocycles. The average molecular weight is 448 g/mol. The largest absolute Gasteiger partial charge is 0.331 e. The number of hydrogen-bond acceptors (Lipinski definition) is 4. The monoisotopic (exact) mass is 447 g/mol. The lowest BCUT2D eigenvalue weighted by molar-refractivity contribution is -0.135. The highest BCUT2D eigenvalue weighted by atomic mass is 19.3. The molecule has 0 bridgehead atoms. The molecule has 1 aromatic carbocycles. The first-order valence-corrected chi connectivity index (χ1v) is 10.4. The van der Waals surface area contributed by atoms with Crippen LogP contribution in [0.5, 0.6) is 0 Å². The average Bonchev–Trinajstić information content (AvgIpc) is 3.09. The van der Waals surface area contributed by atoms with Crippen LogP contribution in [-0.2, 0) is 11.8 Å². The summed E-state index contributed by atoms with van der Waals surface area (Å²) >= 11 is 0. The Labute approximate surface area is 185 Å². The molecule has 1 aliphatic rings. The van der Waals surface area contributed by atoms with Gasteiger partial charge in [-0.25, -0.2) is 23.1 Å². The Morgan fingerprint density at radius 3 is 2.59 bits per heavy atom. The first-order chi connectivity index (χ1) is 15.1. The van der Waals surface area contributed by atoms with Crippen LogP contribution >= 0.6 is 0 Å². The molecule has 2 aromatic rings. The maximum Gasteiger partial charge on any atom is 0.263 e. The SMILES string of the molecule is C=N/C(=C\c1cc(-c2cnc(C)n2C)ccc1C)NC(=O)C1(F)CCN(CC(F)F)CC1. The molecule has 3 rings (SSSR count). The third kappa shape index (κ3) is 5.27. The van der Waals surface area contributed by atoms with E-state index in [1.807, 2.05) is 43.7 Å². The summed E-state index contributed by atoms with van der Waals surface area (Å²) in [5.74, 6) is 0.179. The van der Waals surface area contributed by atoms with Crippen LogP contribution in [0.25, 0.3) is 17.3 Å². The summed E-state index contributed by atoms with van der Waals surface area (Å²) in [6, 6.07) is 5.87. The van der Waals surface area contributed by atoms with Crippen molar-refractivity contribution in [3.63, 3.8) is 0 Å². The molecule has 1 aliphatic heterocycles. The second kappa shape index (κ2) is 9.68. The van der Waals surface area contributed by atoms with Gasteiger partial charge in [0, 0.05) is 38.5 Å². The van der Waals surface area contributed by atoms with Crippen LogP contribution in [0.4, 0.5) is 13.2 Å². The Hall–Kier alpha value is -2.94. The molecule has 1 amide bonds. The van der Waals surface area contributed by atoms with Crippen molar-refractivity contribution in [1.29, 1.82) is 0 Å². The second-order valence-corrected chi connectivity index (χ2v) is 8.12. The molecule has 0 saturated carbocycles. The van der Waals surface area contributed by atoms with Crippen LogP contribution in [0.1, 0.15) is 29.8 Å². The highest BCUT2D eigenvalue weighted by Crippen LogP contribution is 2.28. The summed E-state index contributed by atoms with van der Waals surface area (Å²) in [7, 11) is 1.93. The number of piperidine rings is 1. The fraction of sp³-hybridized carbons (Fsp3) is 0.435. The standard InChI is InChI=1S/C23H28F3N5O/c1-15-5-6-17(19-13-28-16(2)30(19)4)11-18(15)12-21(27-3)29-22(32)23(26)7-9-31(10-8-23)14-20(24)25/h5-6,11-13,20H,3,7-10,14H2,1-2,4H3,(H,29,32)/b21-12+. The van der Waals surface area contributed by atoms with E-state index in [0.717, 1.165) is 28.2 Å². The Bertz CT molecular complexity index is 1020. The van der Waals surface area contributed by atoms with E-state index in [2.05, 4.69) is 22.0 Å². The molecule has 0 unspecified atom stereocenters. The van der Waals surface area contributed by atoms with E-state index in [-0.39, 0.29) is 31.8 Å². The number of halogens is 3. The van der Waals surface area contributed by atoms with Crippen LogP contribution in [-0.4, -0.2) is 58.8 Å². The van der Waals surface area contributed by atoms with Crippen molar-refractivity contribution in [1.82, 2.24) is 19.8 Å². The molecule has 6 nitrogen and oxygen atoms in total. The minimum atomic E-state index is -2.48. The zero-order valence-corrected chi connectivity index (χ0v) is 18.5. The smallest absolute Gasteiger partial charge is 0.263 e. The number of amides is 1. The molecule has 172 valence electrons. The highest BCUT2D eigenvalue weighted by molar-refractivity contribution is 5.87. The third-order valence-electron chi connectivity index (χ3n) is 5.95. The maximum atomic E-state index is 15.2. The van der Waals surface area contributed by atoms with Gasteiger partial charge in [0.25, 0.3) is 12.3 Å². The Kier molecular flexibility index (Phi) is 7.18. The van der Waals surface area contributed by atoms with E-state index in [4.69, 9.17) is 0 Å². The molecule has 32 heavy (non-hydrogen) atoms. The van der Waals surface area contributed by atoms with Crippen LogP contribution < -0.4 is 5.32 Å². The van der Waals surface area contributed by atoms with Gasteiger partial charge in [-0.2, -0.15) is 0 Å². The molecule has 0 radical (unpaired) electrons. The molecule has 1 aromatic heterocycles. The van der Waals surface area contributed by atoms with Gasteiger partial charge in [0.05, 0.1) is 18.4 Å². The summed E-state index contributed by atoms with van der Waals surface area (Å²) < 4.78 is 42.3. The van der Waals surface area contributed by atoms with Crippen molar-refractivity contribution in [3.8, 4) is 11.3 Å². The maximum absolute atomic E-state index is 15.2. The number of aryl methyl sites for hydroxylation is 2. The summed E-state index contributed by atoms with van der Waals surface area (Å²) in [4.78, 5) is 22.3. The van der Waals surface area contributed by atoms with Crippen molar-refractivity contribution in [2.75, 3.05) is 19.6 Å². The van der Waals surface area contributed by atoms with Gasteiger partial charge in [-0.3, -0.25) is 9.69 Å². The second-order valence-electron chi connectivity index (χ2n) is 8.12. The topological polar surface area (TPSA) is 62.5 Å². The van der Waals surface area contributed by atoms with Gasteiger partial charge in [-0.1, -0.05) is 12.1 Å². The van der Waals surface area contributed by atoms with Gasteiger partial charge < -0.3 is 9.88 Å². The van der Waals surface area contributed by atoms with E-state index in [1.165, 1.54) is 4.90 Å². The van der Waals surface area contributed by atoms with E-state index in [0.29, 0.717) is 0 Å². The Balaban J connectivity index is 1.76. The number of carbonyl (C=O) groups excluding carboxylic acids is 1. The number of nitrogens with one attached hydrogen (secondary N) is 1. The first-order valence-electron chi connectivity index (χ1n) is 10.4. The molecule has 1 saturated heterocycles. The van der Waals surface area contributed by atoms with Crippen molar-refractivity contribution >= 4 is 18.7 Å². The number of likely N-dealkylation sites (tertiary alicyclic amines) is 1. The van der Waals surface area contributed by atoms with Gasteiger partial charge in [0.2, 0.25) is 0 Å². The van der Waals surface area contributed by atoms with Crippen molar-refractivity contribution in [3.05, 3.63) is 47.2 Å². The third-order valence-corrected chi connectivity index (χ3v) is 5.95. The first kappa shape index (κ1) is 23.7. The number of imidazole rings is 1. The fourth-order valence-corrected chi connectivity index (χ4v) is 3.73. The molecular weight excluding hydrogens is 419 g/mol. The number of hydrogen-bond donors (Lipinski definition) is 1. The zero-order valence-electron chi connectivity index (χ0n) is 18.5. The summed E-state index contributed by atoms with van der Waals surface area (Å²) in [6.45, 7) is 7.10. The molecule has 9 heteroatoms. The lowest BCUT2D eigenvalue weighted by Gasteiger charge is -2.35. The van der Waals surface area contributed by atoms with Gasteiger partial charge in [0.15, 0.2) is 5.67 Å². The summed E-state index contributed by atoms with van der Waals surface area (Å²) in [6.07, 6.45) is 0.649. The number of alkyl halides is 3. The van der Waals surface area contributed by atoms with Crippen LogP contribution in [0.2, 0.25) is 0 Å². The number of benzene rings is 1. The van der Waals surface area contributed by atoms with Gasteiger partial charge in [-0.05, 0) is 43.8 Å². The Morgan fingerprint density at radius 2 is 2.03 bits per heavy atom. The predicted molar refractivity (Wildman–Crippen MR) is 119 cm³/mol. The van der Waals surface area contributed by atoms with Crippen molar-refractivity contribution in [2.24, 2.45) is 12.0 Å². The lowest BCUT2D eigenvalue weighted by atomic mass is 9.92. The minimum Gasteiger partial charge on any atom is -0.331 e. The van der Waals surface area contributed by atoms with E-state index in [9.17, 15) is 13.6 Å². The number of aliphatic imine (C=N–C) groups is 1. The van der Waals surface area contributed by atoms with Gasteiger partial charge >= 0.3 is 0 Å². The number of carbonyl (C=O) groups is 1. The highest BCUT2D eigenvalue weighted by Gasteiger charge is 2.42.